The summed E-state index contributed by atoms with van der Waals surface area (Å²) < 4.78 is 17.8. The van der Waals surface area contributed by atoms with Gasteiger partial charge >= 0.3 is 0 Å². The molecule has 2 aliphatic carbocycles. The van der Waals surface area contributed by atoms with Gasteiger partial charge in [0.1, 0.15) is 29.4 Å². The van der Waals surface area contributed by atoms with E-state index >= 15 is 0 Å². The average molecular weight is 467 g/mol. The highest BCUT2D eigenvalue weighted by molar-refractivity contribution is 5.89. The fraction of sp³-hybridized carbons (Fsp3) is 0.920. The van der Waals surface area contributed by atoms with Crippen LogP contribution in [0.2, 0.25) is 0 Å². The lowest BCUT2D eigenvalue weighted by atomic mass is 9.53. The predicted octanol–water partition coefficient (Wildman–Crippen LogP) is 1.57. The molecule has 0 spiro atoms. The molecule has 5 aliphatic rings. The lowest BCUT2D eigenvalue weighted by Gasteiger charge is -2.53. The van der Waals surface area contributed by atoms with Crippen LogP contribution < -0.4 is 0 Å². The van der Waals surface area contributed by atoms with E-state index in [-0.39, 0.29) is 30.0 Å². The number of ketones is 2. The van der Waals surface area contributed by atoms with Crippen molar-refractivity contribution in [3.05, 3.63) is 0 Å². The molecular weight excluding hydrogens is 428 g/mol. The maximum Gasteiger partial charge on any atom is 0.189 e. The first-order valence-electron chi connectivity index (χ1n) is 12.5. The zero-order valence-electron chi connectivity index (χ0n) is 20.0. The summed E-state index contributed by atoms with van der Waals surface area (Å²) in [5.74, 6) is -0.929. The SMILES string of the molecule is CC(C)C(=O)CC[C@]1(C)CC[C@]2(C)[C@H](CCC3C4[C@H]2O[C@@H]2OC[C@@H](O)[C@H](O[C@@H]3O)C42O)C1=O. The van der Waals surface area contributed by atoms with Crippen LogP contribution in [0, 0.1) is 34.5 Å². The Hall–Kier alpha value is -0.900. The van der Waals surface area contributed by atoms with E-state index in [1.807, 2.05) is 20.8 Å². The third kappa shape index (κ3) is 3.24. The molecule has 3 heterocycles. The molecule has 3 unspecified atom stereocenters. The Morgan fingerprint density at radius 3 is 2.55 bits per heavy atom. The number of Topliss-reactive ketones (excluding diaryl/α,β-unsaturated/α-hetero) is 2. The number of ether oxygens (including phenoxy) is 3. The lowest BCUT2D eigenvalue weighted by Crippen LogP contribution is -2.70. The normalized spacial score (nSPS) is 53.4. The number of aliphatic hydroxyl groups is 3. The van der Waals surface area contributed by atoms with Gasteiger partial charge in [-0.25, -0.2) is 0 Å². The number of aliphatic hydroxyl groups excluding tert-OH is 2. The molecule has 2 saturated carbocycles. The van der Waals surface area contributed by atoms with Gasteiger partial charge in [-0.15, -0.1) is 0 Å². The highest BCUT2D eigenvalue weighted by Gasteiger charge is 2.74. The summed E-state index contributed by atoms with van der Waals surface area (Å²) in [5.41, 5.74) is -2.68. The molecule has 186 valence electrons. The second-order valence-corrected chi connectivity index (χ2v) is 12.0. The maximum atomic E-state index is 13.9. The summed E-state index contributed by atoms with van der Waals surface area (Å²) in [6.45, 7) is 7.78. The third-order valence-electron chi connectivity index (χ3n) is 9.77. The quantitative estimate of drug-likeness (QED) is 0.571. The predicted molar refractivity (Wildman–Crippen MR) is 116 cm³/mol. The number of carbonyl (C=O) groups excluding carboxylic acids is 2. The van der Waals surface area contributed by atoms with Gasteiger partial charge in [0, 0.05) is 40.9 Å². The van der Waals surface area contributed by atoms with Crippen LogP contribution in [-0.2, 0) is 23.8 Å². The third-order valence-corrected chi connectivity index (χ3v) is 9.77. The van der Waals surface area contributed by atoms with Crippen LogP contribution in [0.1, 0.15) is 66.2 Å². The summed E-state index contributed by atoms with van der Waals surface area (Å²) in [6.07, 6.45) is -1.27. The van der Waals surface area contributed by atoms with Gasteiger partial charge in [0.15, 0.2) is 12.6 Å². The zero-order chi connectivity index (χ0) is 23.9. The van der Waals surface area contributed by atoms with Crippen LogP contribution in [-0.4, -0.2) is 70.0 Å². The van der Waals surface area contributed by atoms with Crippen molar-refractivity contribution in [2.45, 2.75) is 103 Å². The molecule has 0 bridgehead atoms. The number of rotatable bonds is 4. The Bertz CT molecular complexity index is 829. The molecule has 0 amide bonds. The molecule has 0 aromatic rings. The summed E-state index contributed by atoms with van der Waals surface area (Å²) in [5, 5.41) is 33.1. The van der Waals surface area contributed by atoms with E-state index in [9.17, 15) is 24.9 Å². The topological polar surface area (TPSA) is 123 Å². The van der Waals surface area contributed by atoms with Gasteiger partial charge < -0.3 is 29.5 Å². The van der Waals surface area contributed by atoms with E-state index in [4.69, 9.17) is 14.2 Å². The molecule has 0 aromatic carbocycles. The van der Waals surface area contributed by atoms with Crippen molar-refractivity contribution in [3.63, 3.8) is 0 Å². The molecule has 3 N–H and O–H groups in total. The molecule has 0 radical (unpaired) electrons. The Kier molecular flexibility index (Phi) is 5.63. The molecule has 5 rings (SSSR count). The molecule has 8 nitrogen and oxygen atoms in total. The molecule has 0 aromatic heterocycles. The van der Waals surface area contributed by atoms with E-state index in [0.717, 1.165) is 6.42 Å². The second-order valence-electron chi connectivity index (χ2n) is 12.0. The summed E-state index contributed by atoms with van der Waals surface area (Å²) >= 11 is 0. The number of carbonyl (C=O) groups is 2. The molecule has 33 heavy (non-hydrogen) atoms. The Morgan fingerprint density at radius 2 is 1.85 bits per heavy atom. The molecule has 5 fully saturated rings. The van der Waals surface area contributed by atoms with E-state index in [1.165, 1.54) is 0 Å². The standard InChI is InChI=1S/C25H38O8/c1-12(2)15(26)7-8-23(3)9-10-24(4)14(18(23)28)6-5-13-17-20(24)33-22-25(17,30)19(32-21(13)29)16(27)11-31-22/h12-14,16-17,19-22,27,29-30H,5-11H2,1-4H3/t13?,14-,16-,17?,19+,20-,21+,22+,23-,24-,25?/m1/s1. The Balaban J connectivity index is 1.47. The van der Waals surface area contributed by atoms with Crippen LogP contribution >= 0.6 is 0 Å². The minimum Gasteiger partial charge on any atom is -0.388 e. The zero-order valence-corrected chi connectivity index (χ0v) is 20.0. The lowest BCUT2D eigenvalue weighted by molar-refractivity contribution is -0.354. The molecule has 8 heteroatoms. The highest BCUT2D eigenvalue weighted by Crippen LogP contribution is 2.64. The van der Waals surface area contributed by atoms with Crippen LogP contribution in [0.4, 0.5) is 0 Å². The number of fused-ring (bicyclic) bond motifs is 2. The maximum absolute atomic E-state index is 13.9. The van der Waals surface area contributed by atoms with E-state index in [0.29, 0.717) is 32.1 Å². The Labute approximate surface area is 195 Å². The van der Waals surface area contributed by atoms with Gasteiger partial charge in [-0.3, -0.25) is 9.59 Å². The average Bonchev–Trinajstić information content (AvgIpc) is 3.00. The Morgan fingerprint density at radius 1 is 1.12 bits per heavy atom. The van der Waals surface area contributed by atoms with Gasteiger partial charge in [-0.1, -0.05) is 27.7 Å². The van der Waals surface area contributed by atoms with Crippen molar-refractivity contribution < 1.29 is 39.1 Å². The van der Waals surface area contributed by atoms with Crippen LogP contribution in [0.5, 0.6) is 0 Å². The van der Waals surface area contributed by atoms with Gasteiger partial charge in [0.05, 0.1) is 12.7 Å². The van der Waals surface area contributed by atoms with Crippen molar-refractivity contribution in [1.82, 2.24) is 0 Å². The first kappa shape index (κ1) is 23.8. The fourth-order valence-corrected chi connectivity index (χ4v) is 7.55. The first-order chi connectivity index (χ1) is 15.4. The molecule has 3 aliphatic heterocycles. The van der Waals surface area contributed by atoms with Crippen LogP contribution in [0.25, 0.3) is 0 Å². The van der Waals surface area contributed by atoms with Crippen molar-refractivity contribution >= 4 is 11.6 Å². The van der Waals surface area contributed by atoms with Gasteiger partial charge in [0.2, 0.25) is 0 Å². The summed E-state index contributed by atoms with van der Waals surface area (Å²) in [7, 11) is 0. The molecule has 11 atom stereocenters. The summed E-state index contributed by atoms with van der Waals surface area (Å²) in [4.78, 5) is 26.2. The molecular formula is C25H38O8. The number of hydrogen-bond donors (Lipinski definition) is 3. The van der Waals surface area contributed by atoms with E-state index in [2.05, 4.69) is 6.92 Å². The van der Waals surface area contributed by atoms with Crippen molar-refractivity contribution in [2.75, 3.05) is 6.61 Å². The fourth-order valence-electron chi connectivity index (χ4n) is 7.55. The van der Waals surface area contributed by atoms with Crippen LogP contribution in [0.15, 0.2) is 0 Å². The van der Waals surface area contributed by atoms with E-state index in [1.54, 1.807) is 0 Å². The smallest absolute Gasteiger partial charge is 0.189 e. The summed E-state index contributed by atoms with van der Waals surface area (Å²) in [6, 6.07) is 0. The van der Waals surface area contributed by atoms with Crippen molar-refractivity contribution in [1.29, 1.82) is 0 Å². The van der Waals surface area contributed by atoms with Crippen molar-refractivity contribution in [2.24, 2.45) is 34.5 Å². The van der Waals surface area contributed by atoms with Gasteiger partial charge in [-0.2, -0.15) is 0 Å². The number of hydrogen-bond acceptors (Lipinski definition) is 8. The van der Waals surface area contributed by atoms with Gasteiger partial charge in [0.25, 0.3) is 0 Å². The second kappa shape index (κ2) is 7.80. The first-order valence-corrected chi connectivity index (χ1v) is 12.5. The molecule has 3 saturated heterocycles. The van der Waals surface area contributed by atoms with Gasteiger partial charge in [-0.05, 0) is 32.1 Å². The largest absolute Gasteiger partial charge is 0.388 e. The highest BCUT2D eigenvalue weighted by atomic mass is 16.7. The van der Waals surface area contributed by atoms with Crippen molar-refractivity contribution in [3.8, 4) is 0 Å². The van der Waals surface area contributed by atoms with E-state index < -0.39 is 59.2 Å². The van der Waals surface area contributed by atoms with Crippen LogP contribution in [0.3, 0.4) is 0 Å². The monoisotopic (exact) mass is 466 g/mol. The minimum atomic E-state index is -1.57. The minimum absolute atomic E-state index is 0.0423.